The van der Waals surface area contributed by atoms with Crippen LogP contribution in [0, 0.1) is 0 Å². The van der Waals surface area contributed by atoms with Crippen LogP contribution < -0.4 is 0 Å². The Morgan fingerprint density at radius 1 is 1.29 bits per heavy atom. The van der Waals surface area contributed by atoms with Gasteiger partial charge in [0, 0.05) is 13.2 Å². The summed E-state index contributed by atoms with van der Waals surface area (Å²) in [6, 6.07) is 1.15. The maximum Gasteiger partial charge on any atom is 0.321 e. The minimum absolute atomic E-state index is 0.802. The highest BCUT2D eigenvalue weighted by atomic mass is 28.3. The van der Waals surface area contributed by atoms with Gasteiger partial charge in [0.1, 0.15) is 0 Å². The van der Waals surface area contributed by atoms with Gasteiger partial charge in [-0.15, -0.1) is 0 Å². The first-order valence-corrected chi connectivity index (χ1v) is 7.53. The quantitative estimate of drug-likeness (QED) is 0.479. The van der Waals surface area contributed by atoms with Gasteiger partial charge < -0.3 is 8.85 Å². The lowest BCUT2D eigenvalue weighted by Crippen LogP contribution is -2.22. The zero-order valence-corrected chi connectivity index (χ0v) is 10.6. The molecule has 0 aromatic carbocycles. The van der Waals surface area contributed by atoms with E-state index in [2.05, 4.69) is 6.08 Å². The van der Waals surface area contributed by atoms with Gasteiger partial charge in [0.15, 0.2) is 0 Å². The van der Waals surface area contributed by atoms with Crippen molar-refractivity contribution >= 4 is 9.28 Å². The summed E-state index contributed by atoms with van der Waals surface area (Å²) in [6.07, 6.45) is 7.54. The lowest BCUT2D eigenvalue weighted by molar-refractivity contribution is 0.213. The van der Waals surface area contributed by atoms with E-state index in [-0.39, 0.29) is 0 Å². The van der Waals surface area contributed by atoms with E-state index in [1.54, 1.807) is 5.57 Å². The first-order chi connectivity index (χ1) is 6.86. The molecule has 0 N–H and O–H groups in total. The molecule has 1 aliphatic rings. The van der Waals surface area contributed by atoms with Crippen molar-refractivity contribution in [2.24, 2.45) is 0 Å². The van der Waals surface area contributed by atoms with Gasteiger partial charge in [0.05, 0.1) is 0 Å². The van der Waals surface area contributed by atoms with Gasteiger partial charge >= 0.3 is 9.28 Å². The van der Waals surface area contributed by atoms with Gasteiger partial charge in [-0.25, -0.2) is 0 Å². The van der Waals surface area contributed by atoms with Crippen LogP contribution in [0.1, 0.15) is 39.5 Å². The van der Waals surface area contributed by atoms with Crippen LogP contribution in [0.2, 0.25) is 6.04 Å². The summed E-state index contributed by atoms with van der Waals surface area (Å²) >= 11 is 0. The van der Waals surface area contributed by atoms with Gasteiger partial charge in [-0.3, -0.25) is 0 Å². The average molecular weight is 214 g/mol. The molecule has 1 aliphatic carbocycles. The fourth-order valence-corrected chi connectivity index (χ4v) is 3.63. The Labute approximate surface area is 89.1 Å². The van der Waals surface area contributed by atoms with E-state index >= 15 is 0 Å². The number of hydrogen-bond acceptors (Lipinski definition) is 2. The summed E-state index contributed by atoms with van der Waals surface area (Å²) in [5, 5.41) is 0. The fourth-order valence-electron chi connectivity index (χ4n) is 1.85. The second kappa shape index (κ2) is 7.21. The van der Waals surface area contributed by atoms with Crippen LogP contribution in [0.5, 0.6) is 0 Å². The molecule has 0 heterocycles. The molecular weight excluding hydrogens is 192 g/mol. The lowest BCUT2D eigenvalue weighted by Gasteiger charge is -2.14. The van der Waals surface area contributed by atoms with Crippen LogP contribution in [0.3, 0.4) is 0 Å². The Balaban J connectivity index is 2.17. The van der Waals surface area contributed by atoms with Gasteiger partial charge in [0.2, 0.25) is 0 Å². The van der Waals surface area contributed by atoms with Crippen LogP contribution >= 0.6 is 0 Å². The highest BCUT2D eigenvalue weighted by molar-refractivity contribution is 6.44. The third-order valence-corrected chi connectivity index (χ3v) is 4.71. The van der Waals surface area contributed by atoms with E-state index in [1.807, 2.05) is 13.8 Å². The van der Waals surface area contributed by atoms with Crippen LogP contribution in [-0.2, 0) is 8.85 Å². The summed E-state index contributed by atoms with van der Waals surface area (Å²) in [5.41, 5.74) is 1.63. The van der Waals surface area contributed by atoms with Crippen molar-refractivity contribution in [3.05, 3.63) is 11.6 Å². The van der Waals surface area contributed by atoms with E-state index in [1.165, 1.54) is 25.7 Å². The van der Waals surface area contributed by atoms with E-state index in [4.69, 9.17) is 8.85 Å². The molecule has 3 heteroatoms. The Hall–Kier alpha value is -0.123. The number of rotatable bonds is 7. The molecule has 0 atom stereocenters. The van der Waals surface area contributed by atoms with E-state index in [0.29, 0.717) is 0 Å². The lowest BCUT2D eigenvalue weighted by atomic mass is 10.2. The Bertz CT molecular complexity index is 174. The smallest absolute Gasteiger partial charge is 0.321 e. The third kappa shape index (κ3) is 4.40. The van der Waals surface area contributed by atoms with Crippen LogP contribution in [0.15, 0.2) is 11.6 Å². The maximum atomic E-state index is 5.63. The second-order valence-electron chi connectivity index (χ2n) is 3.63. The minimum atomic E-state index is -1.33. The SMILES string of the molecule is CCO[SiH](CCC1=CCCC1)OCC. The fraction of sp³-hybridized carbons (Fsp3) is 0.818. The summed E-state index contributed by atoms with van der Waals surface area (Å²) in [6.45, 7) is 5.70. The summed E-state index contributed by atoms with van der Waals surface area (Å²) in [7, 11) is -1.33. The van der Waals surface area contributed by atoms with E-state index in [9.17, 15) is 0 Å². The maximum absolute atomic E-state index is 5.63. The molecule has 0 aromatic rings. The molecule has 2 nitrogen and oxygen atoms in total. The molecule has 82 valence electrons. The van der Waals surface area contributed by atoms with E-state index < -0.39 is 9.28 Å². The molecule has 0 bridgehead atoms. The molecule has 0 amide bonds. The van der Waals surface area contributed by atoms with E-state index in [0.717, 1.165) is 19.3 Å². The van der Waals surface area contributed by atoms with Crippen LogP contribution in [0.25, 0.3) is 0 Å². The van der Waals surface area contributed by atoms with Crippen molar-refractivity contribution in [1.29, 1.82) is 0 Å². The largest absolute Gasteiger partial charge is 0.397 e. The van der Waals surface area contributed by atoms with Crippen molar-refractivity contribution in [3.63, 3.8) is 0 Å². The zero-order valence-electron chi connectivity index (χ0n) is 9.42. The first-order valence-electron chi connectivity index (χ1n) is 5.78. The van der Waals surface area contributed by atoms with Gasteiger partial charge in [-0.05, 0) is 45.6 Å². The third-order valence-electron chi connectivity index (χ3n) is 2.54. The summed E-state index contributed by atoms with van der Waals surface area (Å²) in [5.74, 6) is 0. The topological polar surface area (TPSA) is 18.5 Å². The molecule has 0 aliphatic heterocycles. The van der Waals surface area contributed by atoms with Crippen molar-refractivity contribution in [1.82, 2.24) is 0 Å². The predicted octanol–water partition coefficient (Wildman–Crippen LogP) is 2.78. The van der Waals surface area contributed by atoms with Gasteiger partial charge in [-0.2, -0.15) is 0 Å². The molecule has 0 saturated heterocycles. The molecule has 0 radical (unpaired) electrons. The van der Waals surface area contributed by atoms with Crippen molar-refractivity contribution < 1.29 is 8.85 Å². The number of hydrogen-bond donors (Lipinski definition) is 0. The minimum Gasteiger partial charge on any atom is -0.397 e. The van der Waals surface area contributed by atoms with Crippen molar-refractivity contribution in [2.75, 3.05) is 13.2 Å². The standard InChI is InChI=1S/C11H22O2Si/c1-3-12-14(13-4-2)10-9-11-7-5-6-8-11/h7,14H,3-6,8-10H2,1-2H3. The second-order valence-corrected chi connectivity index (χ2v) is 5.74. The molecule has 14 heavy (non-hydrogen) atoms. The molecule has 0 unspecified atom stereocenters. The molecular formula is C11H22O2Si. The Morgan fingerprint density at radius 2 is 2.00 bits per heavy atom. The molecule has 0 saturated carbocycles. The normalized spacial score (nSPS) is 16.4. The molecule has 0 fully saturated rings. The van der Waals surface area contributed by atoms with Crippen molar-refractivity contribution in [2.45, 2.75) is 45.6 Å². The van der Waals surface area contributed by atoms with Gasteiger partial charge in [0.25, 0.3) is 0 Å². The van der Waals surface area contributed by atoms with Gasteiger partial charge in [-0.1, -0.05) is 11.6 Å². The highest BCUT2D eigenvalue weighted by Gasteiger charge is 2.13. The summed E-state index contributed by atoms with van der Waals surface area (Å²) in [4.78, 5) is 0. The molecule has 1 rings (SSSR count). The number of allylic oxidation sites excluding steroid dienone is 2. The molecule has 0 spiro atoms. The predicted molar refractivity (Wildman–Crippen MR) is 61.8 cm³/mol. The first kappa shape index (κ1) is 11.9. The Morgan fingerprint density at radius 3 is 2.50 bits per heavy atom. The molecule has 0 aromatic heterocycles. The van der Waals surface area contributed by atoms with Crippen LogP contribution in [-0.4, -0.2) is 22.5 Å². The van der Waals surface area contributed by atoms with Crippen LogP contribution in [0.4, 0.5) is 0 Å². The highest BCUT2D eigenvalue weighted by Crippen LogP contribution is 2.22. The zero-order chi connectivity index (χ0) is 10.2. The van der Waals surface area contributed by atoms with Crippen molar-refractivity contribution in [3.8, 4) is 0 Å². The summed E-state index contributed by atoms with van der Waals surface area (Å²) < 4.78 is 11.3. The average Bonchev–Trinajstić information content (AvgIpc) is 2.67. The Kier molecular flexibility index (Phi) is 6.15. The monoisotopic (exact) mass is 214 g/mol.